The van der Waals surface area contributed by atoms with Crippen LogP contribution in [-0.2, 0) is 0 Å². The number of rotatable bonds is 1. The molecule has 1 aromatic heterocycles. The number of aromatic nitrogens is 2. The lowest BCUT2D eigenvalue weighted by atomic mass is 10.2. The Morgan fingerprint density at radius 2 is 2.06 bits per heavy atom. The zero-order valence-corrected chi connectivity index (χ0v) is 11.7. The summed E-state index contributed by atoms with van der Waals surface area (Å²) in [4.78, 5) is 18.1. The van der Waals surface area contributed by atoms with Gasteiger partial charge in [-0.3, -0.25) is 4.79 Å². The van der Waals surface area contributed by atoms with Crippen molar-refractivity contribution in [3.8, 4) is 11.4 Å². The molecule has 1 heterocycles. The molecule has 16 heavy (non-hydrogen) atoms. The molecule has 82 valence electrons. The van der Waals surface area contributed by atoms with Crippen molar-refractivity contribution >= 4 is 43.5 Å². The van der Waals surface area contributed by atoms with Crippen molar-refractivity contribution in [3.63, 3.8) is 0 Å². The number of hydrogen-bond donors (Lipinski definition) is 1. The first-order valence-electron chi connectivity index (χ1n) is 4.28. The van der Waals surface area contributed by atoms with Gasteiger partial charge >= 0.3 is 0 Å². The fraction of sp³-hybridized carbons (Fsp3) is 0. The van der Waals surface area contributed by atoms with Gasteiger partial charge in [-0.1, -0.05) is 27.5 Å². The molecule has 0 aliphatic heterocycles. The zero-order valence-electron chi connectivity index (χ0n) is 7.80. The first-order valence-corrected chi connectivity index (χ1v) is 6.24. The van der Waals surface area contributed by atoms with Gasteiger partial charge in [0, 0.05) is 16.2 Å². The van der Waals surface area contributed by atoms with E-state index in [9.17, 15) is 4.79 Å². The summed E-state index contributed by atoms with van der Waals surface area (Å²) in [5, 5.41) is 0.528. The van der Waals surface area contributed by atoms with Crippen LogP contribution >= 0.6 is 43.5 Å². The maximum Gasteiger partial charge on any atom is 0.265 e. The monoisotopic (exact) mass is 362 g/mol. The van der Waals surface area contributed by atoms with Crippen LogP contribution in [0.25, 0.3) is 11.4 Å². The van der Waals surface area contributed by atoms with E-state index in [-0.39, 0.29) is 5.56 Å². The fourth-order valence-electron chi connectivity index (χ4n) is 1.20. The Bertz CT molecular complexity index is 598. The number of nitrogens with zero attached hydrogens (tertiary/aromatic N) is 1. The van der Waals surface area contributed by atoms with Gasteiger partial charge < -0.3 is 4.98 Å². The first kappa shape index (κ1) is 11.8. The van der Waals surface area contributed by atoms with Crippen LogP contribution in [0.15, 0.2) is 38.1 Å². The molecule has 0 saturated heterocycles. The Kier molecular flexibility index (Phi) is 3.47. The molecule has 2 rings (SSSR count). The van der Waals surface area contributed by atoms with Gasteiger partial charge in [0.05, 0.1) is 5.02 Å². The third-order valence-corrected chi connectivity index (χ3v) is 3.31. The highest BCUT2D eigenvalue weighted by Gasteiger charge is 2.07. The van der Waals surface area contributed by atoms with Gasteiger partial charge in [-0.15, -0.1) is 0 Å². The summed E-state index contributed by atoms with van der Waals surface area (Å²) < 4.78 is 1.27. The second-order valence-electron chi connectivity index (χ2n) is 3.03. The first-order chi connectivity index (χ1) is 7.58. The summed E-state index contributed by atoms with van der Waals surface area (Å²) in [7, 11) is 0. The van der Waals surface area contributed by atoms with Gasteiger partial charge in [-0.25, -0.2) is 4.98 Å². The molecule has 0 spiro atoms. The topological polar surface area (TPSA) is 45.8 Å². The van der Waals surface area contributed by atoms with E-state index in [0.29, 0.717) is 20.9 Å². The lowest BCUT2D eigenvalue weighted by molar-refractivity contribution is 1.11. The van der Waals surface area contributed by atoms with Gasteiger partial charge in [0.25, 0.3) is 5.56 Å². The quantitative estimate of drug-likeness (QED) is 0.840. The van der Waals surface area contributed by atoms with Crippen LogP contribution < -0.4 is 5.56 Å². The molecule has 0 atom stereocenters. The maximum absolute atomic E-state index is 11.4. The highest BCUT2D eigenvalue weighted by molar-refractivity contribution is 9.10. The van der Waals surface area contributed by atoms with E-state index in [0.717, 1.165) is 4.47 Å². The summed E-state index contributed by atoms with van der Waals surface area (Å²) in [6, 6.07) is 5.38. The second kappa shape index (κ2) is 4.69. The summed E-state index contributed by atoms with van der Waals surface area (Å²) >= 11 is 12.4. The molecular formula is C10H5Br2ClN2O. The number of halogens is 3. The molecule has 1 N–H and O–H groups in total. The molecule has 0 aliphatic carbocycles. The molecule has 0 amide bonds. The number of hydrogen-bond acceptors (Lipinski definition) is 2. The summed E-state index contributed by atoms with van der Waals surface area (Å²) in [5.41, 5.74) is 0.457. The maximum atomic E-state index is 11.4. The van der Waals surface area contributed by atoms with Crippen LogP contribution in [0.2, 0.25) is 5.02 Å². The smallest absolute Gasteiger partial charge is 0.265 e. The SMILES string of the molecule is O=c1[nH]c(-c2ccc(Br)cc2Cl)ncc1Br. The summed E-state index contributed by atoms with van der Waals surface area (Å²) in [6.07, 6.45) is 1.45. The van der Waals surface area contributed by atoms with Crippen LogP contribution in [0, 0.1) is 0 Å². The van der Waals surface area contributed by atoms with Gasteiger partial charge in [0.15, 0.2) is 0 Å². The van der Waals surface area contributed by atoms with Gasteiger partial charge in [-0.05, 0) is 34.1 Å². The minimum atomic E-state index is -0.232. The predicted molar refractivity (Wildman–Crippen MR) is 70.7 cm³/mol. The largest absolute Gasteiger partial charge is 0.306 e. The van der Waals surface area contributed by atoms with E-state index in [1.54, 1.807) is 12.1 Å². The third-order valence-electron chi connectivity index (χ3n) is 1.94. The van der Waals surface area contributed by atoms with Gasteiger partial charge in [0.1, 0.15) is 10.3 Å². The molecule has 3 nitrogen and oxygen atoms in total. The van der Waals surface area contributed by atoms with Crippen LogP contribution in [0.4, 0.5) is 0 Å². The lowest BCUT2D eigenvalue weighted by Gasteiger charge is -2.03. The molecule has 0 unspecified atom stereocenters. The predicted octanol–water partition coefficient (Wildman–Crippen LogP) is 3.62. The Hall–Kier alpha value is -0.650. The average molecular weight is 364 g/mol. The van der Waals surface area contributed by atoms with E-state index in [2.05, 4.69) is 41.8 Å². The molecule has 6 heteroatoms. The van der Waals surface area contributed by atoms with Crippen LogP contribution in [0.1, 0.15) is 0 Å². The van der Waals surface area contributed by atoms with Crippen LogP contribution in [-0.4, -0.2) is 9.97 Å². The molecular weight excluding hydrogens is 359 g/mol. The van der Waals surface area contributed by atoms with E-state index in [1.807, 2.05) is 6.07 Å². The summed E-state index contributed by atoms with van der Waals surface area (Å²) in [6.45, 7) is 0. The Labute approximate surface area is 113 Å². The van der Waals surface area contributed by atoms with Gasteiger partial charge in [-0.2, -0.15) is 0 Å². The number of benzene rings is 1. The molecule has 0 radical (unpaired) electrons. The summed E-state index contributed by atoms with van der Waals surface area (Å²) in [5.74, 6) is 0.450. The minimum absolute atomic E-state index is 0.232. The Balaban J connectivity index is 2.59. The molecule has 0 saturated carbocycles. The molecule has 0 fully saturated rings. The van der Waals surface area contributed by atoms with Crippen molar-refractivity contribution in [2.75, 3.05) is 0 Å². The van der Waals surface area contributed by atoms with E-state index in [4.69, 9.17) is 11.6 Å². The van der Waals surface area contributed by atoms with E-state index in [1.165, 1.54) is 6.20 Å². The number of H-pyrrole nitrogens is 1. The third kappa shape index (κ3) is 2.36. The number of nitrogens with one attached hydrogen (secondary N) is 1. The van der Waals surface area contributed by atoms with Crippen molar-refractivity contribution in [2.45, 2.75) is 0 Å². The molecule has 2 aromatic rings. The van der Waals surface area contributed by atoms with Crippen LogP contribution in [0.3, 0.4) is 0 Å². The molecule has 0 aliphatic rings. The fourth-order valence-corrected chi connectivity index (χ4v) is 2.16. The zero-order chi connectivity index (χ0) is 11.7. The van der Waals surface area contributed by atoms with E-state index < -0.39 is 0 Å². The Morgan fingerprint density at radius 3 is 2.69 bits per heavy atom. The van der Waals surface area contributed by atoms with E-state index >= 15 is 0 Å². The highest BCUT2D eigenvalue weighted by Crippen LogP contribution is 2.27. The second-order valence-corrected chi connectivity index (χ2v) is 5.21. The van der Waals surface area contributed by atoms with Crippen molar-refractivity contribution in [1.82, 2.24) is 9.97 Å². The normalized spacial score (nSPS) is 10.4. The minimum Gasteiger partial charge on any atom is -0.306 e. The van der Waals surface area contributed by atoms with Crippen molar-refractivity contribution in [2.24, 2.45) is 0 Å². The Morgan fingerprint density at radius 1 is 1.31 bits per heavy atom. The average Bonchev–Trinajstić information content (AvgIpc) is 2.22. The molecule has 1 aromatic carbocycles. The standard InChI is InChI=1S/C10H5Br2ClN2O/c11-5-1-2-6(8(13)3-5)9-14-4-7(12)10(16)15-9/h1-4H,(H,14,15,16). The number of aromatic amines is 1. The van der Waals surface area contributed by atoms with Crippen molar-refractivity contribution < 1.29 is 0 Å². The highest BCUT2D eigenvalue weighted by atomic mass is 79.9. The van der Waals surface area contributed by atoms with Crippen LogP contribution in [0.5, 0.6) is 0 Å². The van der Waals surface area contributed by atoms with Gasteiger partial charge in [0.2, 0.25) is 0 Å². The van der Waals surface area contributed by atoms with Crippen molar-refractivity contribution in [3.05, 3.63) is 48.7 Å². The molecule has 0 bridgehead atoms. The van der Waals surface area contributed by atoms with Crippen molar-refractivity contribution in [1.29, 1.82) is 0 Å². The lowest BCUT2D eigenvalue weighted by Crippen LogP contribution is -2.09.